The summed E-state index contributed by atoms with van der Waals surface area (Å²) in [5, 5.41) is 5.62. The molecular weight excluding hydrogens is 518 g/mol. The summed E-state index contributed by atoms with van der Waals surface area (Å²) in [4.78, 5) is 20.6. The van der Waals surface area contributed by atoms with Crippen LogP contribution in [0.4, 0.5) is 43.5 Å². The van der Waals surface area contributed by atoms with E-state index in [9.17, 15) is 31.1 Å². The Morgan fingerprint density at radius 2 is 1.55 bits per heavy atom. The van der Waals surface area contributed by atoms with Gasteiger partial charge in [0.1, 0.15) is 12.1 Å². The van der Waals surface area contributed by atoms with E-state index >= 15 is 0 Å². The van der Waals surface area contributed by atoms with Crippen molar-refractivity contribution in [2.24, 2.45) is 0 Å². The van der Waals surface area contributed by atoms with E-state index in [2.05, 4.69) is 20.6 Å². The van der Waals surface area contributed by atoms with Crippen LogP contribution in [0.5, 0.6) is 11.5 Å². The fourth-order valence-corrected chi connectivity index (χ4v) is 3.43. The number of methoxy groups -OCH3 is 1. The number of alkyl halides is 6. The molecule has 0 unspecified atom stereocenters. The normalized spacial score (nSPS) is 11.8. The van der Waals surface area contributed by atoms with Crippen molar-refractivity contribution in [2.45, 2.75) is 12.4 Å². The number of halogens is 6. The van der Waals surface area contributed by atoms with Crippen LogP contribution in [0.2, 0.25) is 0 Å². The third-order valence-corrected chi connectivity index (χ3v) is 5.23. The highest BCUT2D eigenvalue weighted by atomic mass is 19.4. The van der Waals surface area contributed by atoms with Crippen LogP contribution in [0, 0.1) is 0 Å². The van der Waals surface area contributed by atoms with E-state index in [1.54, 1.807) is 0 Å². The molecule has 0 radical (unpaired) electrons. The topological polar surface area (TPSA) is 85.4 Å². The highest BCUT2D eigenvalue weighted by Gasteiger charge is 2.31. The Bertz CT molecular complexity index is 1460. The number of ether oxygens (including phenoxy) is 2. The second kappa shape index (κ2) is 10.4. The number of fused-ring (bicyclic) bond motifs is 1. The lowest BCUT2D eigenvalue weighted by atomic mass is 10.1. The van der Waals surface area contributed by atoms with E-state index in [0.717, 1.165) is 36.4 Å². The van der Waals surface area contributed by atoms with Crippen molar-refractivity contribution in [3.8, 4) is 11.5 Å². The first-order chi connectivity index (χ1) is 17.9. The van der Waals surface area contributed by atoms with Crippen LogP contribution < -0.4 is 20.1 Å². The molecule has 0 saturated carbocycles. The number of benzene rings is 3. The van der Waals surface area contributed by atoms with Crippen molar-refractivity contribution >= 4 is 34.0 Å². The number of aromatic nitrogens is 2. The van der Waals surface area contributed by atoms with Gasteiger partial charge in [0.15, 0.2) is 18.1 Å². The van der Waals surface area contributed by atoms with Gasteiger partial charge in [-0.3, -0.25) is 4.79 Å². The Morgan fingerprint density at radius 3 is 2.21 bits per heavy atom. The number of amides is 1. The number of rotatable bonds is 7. The summed E-state index contributed by atoms with van der Waals surface area (Å²) in [5.74, 6) is -0.164. The maximum atomic E-state index is 13.1. The van der Waals surface area contributed by atoms with Crippen LogP contribution in [-0.2, 0) is 17.1 Å². The van der Waals surface area contributed by atoms with Crippen molar-refractivity contribution in [2.75, 3.05) is 24.4 Å². The van der Waals surface area contributed by atoms with Gasteiger partial charge in [0.25, 0.3) is 5.91 Å². The second-order valence-corrected chi connectivity index (χ2v) is 7.86. The molecule has 198 valence electrons. The lowest BCUT2D eigenvalue weighted by Crippen LogP contribution is -2.20. The SMILES string of the molecule is COc1cc2ncnc(Nc3cccc(C(F)(F)F)c3)c2cc1OCC(=O)Nc1ccc(C(F)(F)F)cc1. The first kappa shape index (κ1) is 26.5. The molecule has 0 fully saturated rings. The molecule has 0 aliphatic carbocycles. The molecule has 4 rings (SSSR count). The Kier molecular flexibility index (Phi) is 7.28. The fourth-order valence-electron chi connectivity index (χ4n) is 3.43. The molecule has 3 aromatic carbocycles. The van der Waals surface area contributed by atoms with Crippen molar-refractivity contribution in [1.82, 2.24) is 9.97 Å². The van der Waals surface area contributed by atoms with Gasteiger partial charge in [-0.15, -0.1) is 0 Å². The number of carbonyl (C=O) groups excluding carboxylic acids is 1. The van der Waals surface area contributed by atoms with E-state index in [4.69, 9.17) is 9.47 Å². The first-order valence-electron chi connectivity index (χ1n) is 10.8. The molecule has 0 bridgehead atoms. The third kappa shape index (κ3) is 6.22. The molecule has 38 heavy (non-hydrogen) atoms. The Balaban J connectivity index is 1.53. The first-order valence-corrected chi connectivity index (χ1v) is 10.8. The minimum Gasteiger partial charge on any atom is -0.493 e. The van der Waals surface area contributed by atoms with Crippen molar-refractivity contribution in [3.63, 3.8) is 0 Å². The zero-order valence-corrected chi connectivity index (χ0v) is 19.4. The van der Waals surface area contributed by atoms with E-state index in [1.165, 1.54) is 37.7 Å². The van der Waals surface area contributed by atoms with Gasteiger partial charge in [-0.05, 0) is 48.5 Å². The van der Waals surface area contributed by atoms with Crippen LogP contribution in [0.15, 0.2) is 67.0 Å². The number of carbonyl (C=O) groups is 1. The zero-order valence-electron chi connectivity index (χ0n) is 19.4. The fraction of sp³-hybridized carbons (Fsp3) is 0.160. The maximum absolute atomic E-state index is 13.1. The summed E-state index contributed by atoms with van der Waals surface area (Å²) in [5.41, 5.74) is -1.05. The number of nitrogens with one attached hydrogen (secondary N) is 2. The smallest absolute Gasteiger partial charge is 0.416 e. The van der Waals surface area contributed by atoms with Gasteiger partial charge < -0.3 is 20.1 Å². The van der Waals surface area contributed by atoms with Crippen LogP contribution in [0.3, 0.4) is 0 Å². The average Bonchev–Trinajstić information content (AvgIpc) is 2.86. The number of hydrogen-bond donors (Lipinski definition) is 2. The lowest BCUT2D eigenvalue weighted by Gasteiger charge is -2.14. The lowest BCUT2D eigenvalue weighted by molar-refractivity contribution is -0.138. The zero-order chi connectivity index (χ0) is 27.5. The quantitative estimate of drug-likeness (QED) is 0.265. The standard InChI is InChI=1S/C25H18F6N4O3/c1-37-20-11-19-18(23(33-13-32-19)35-17-4-2-3-15(9-17)25(29,30)31)10-21(20)38-12-22(36)34-16-7-5-14(6-8-16)24(26,27)28/h2-11,13H,12H2,1H3,(H,34,36)(H,32,33,35). The number of hydrogen-bond acceptors (Lipinski definition) is 6. The molecule has 0 spiro atoms. The van der Waals surface area contributed by atoms with Gasteiger partial charge in [-0.1, -0.05) is 6.07 Å². The number of anilines is 3. The highest BCUT2D eigenvalue weighted by molar-refractivity contribution is 5.94. The Morgan fingerprint density at radius 1 is 0.842 bits per heavy atom. The van der Waals surface area contributed by atoms with Crippen molar-refractivity contribution < 1.29 is 40.6 Å². The highest BCUT2D eigenvalue weighted by Crippen LogP contribution is 2.36. The van der Waals surface area contributed by atoms with Gasteiger partial charge in [0.2, 0.25) is 0 Å². The molecule has 1 heterocycles. The molecule has 4 aromatic rings. The summed E-state index contributed by atoms with van der Waals surface area (Å²) >= 11 is 0. The molecule has 7 nitrogen and oxygen atoms in total. The molecule has 0 aliphatic rings. The maximum Gasteiger partial charge on any atom is 0.416 e. The minimum absolute atomic E-state index is 0.101. The van der Waals surface area contributed by atoms with Crippen LogP contribution in [0.25, 0.3) is 10.9 Å². The largest absolute Gasteiger partial charge is 0.493 e. The molecule has 2 N–H and O–H groups in total. The van der Waals surface area contributed by atoms with Gasteiger partial charge in [-0.25, -0.2) is 9.97 Å². The predicted molar refractivity (Wildman–Crippen MR) is 126 cm³/mol. The van der Waals surface area contributed by atoms with Gasteiger partial charge in [0.05, 0.1) is 23.8 Å². The molecule has 13 heteroatoms. The summed E-state index contributed by atoms with van der Waals surface area (Å²) in [6.45, 7) is -0.521. The monoisotopic (exact) mass is 536 g/mol. The molecule has 0 aliphatic heterocycles. The van der Waals surface area contributed by atoms with Crippen LogP contribution in [-0.4, -0.2) is 29.6 Å². The minimum atomic E-state index is -4.53. The van der Waals surface area contributed by atoms with Crippen LogP contribution in [0.1, 0.15) is 11.1 Å². The van der Waals surface area contributed by atoms with E-state index < -0.39 is 36.0 Å². The van der Waals surface area contributed by atoms with E-state index in [-0.39, 0.29) is 28.7 Å². The Labute approximate surface area is 211 Å². The van der Waals surface area contributed by atoms with Crippen LogP contribution >= 0.6 is 0 Å². The molecule has 0 saturated heterocycles. The van der Waals surface area contributed by atoms with Crippen molar-refractivity contribution in [1.29, 1.82) is 0 Å². The molecular formula is C25H18F6N4O3. The molecule has 1 amide bonds. The van der Waals surface area contributed by atoms with Crippen molar-refractivity contribution in [3.05, 3.63) is 78.1 Å². The third-order valence-electron chi connectivity index (χ3n) is 5.23. The molecule has 0 atom stereocenters. The Hall–Kier alpha value is -4.55. The summed E-state index contributed by atoms with van der Waals surface area (Å²) in [7, 11) is 1.36. The van der Waals surface area contributed by atoms with E-state index in [0.29, 0.717) is 10.9 Å². The predicted octanol–water partition coefficient (Wildman–Crippen LogP) is 6.44. The van der Waals surface area contributed by atoms with Gasteiger partial charge in [-0.2, -0.15) is 26.3 Å². The average molecular weight is 536 g/mol. The summed E-state index contributed by atoms with van der Waals surface area (Å²) in [6, 6.07) is 11.4. The van der Waals surface area contributed by atoms with E-state index in [1.807, 2.05) is 0 Å². The van der Waals surface area contributed by atoms with Gasteiger partial charge in [0, 0.05) is 22.8 Å². The van der Waals surface area contributed by atoms with Gasteiger partial charge >= 0.3 is 12.4 Å². The summed E-state index contributed by atoms with van der Waals surface area (Å²) in [6.07, 6.45) is -7.81. The number of nitrogens with zero attached hydrogens (tertiary/aromatic N) is 2. The second-order valence-electron chi connectivity index (χ2n) is 7.86. The molecule has 1 aromatic heterocycles. The summed E-state index contributed by atoms with van der Waals surface area (Å²) < 4.78 is 88.3.